The first kappa shape index (κ1) is 14.0. The molecule has 0 aliphatic carbocycles. The van der Waals surface area contributed by atoms with E-state index < -0.39 is 0 Å². The Kier molecular flexibility index (Phi) is 5.58. The number of hydrogen-bond donors (Lipinski definition) is 1. The zero-order chi connectivity index (χ0) is 12.8. The Balaban J connectivity index is 1.92. The highest BCUT2D eigenvalue weighted by Crippen LogP contribution is 2.39. The van der Waals surface area contributed by atoms with Crippen LogP contribution in [-0.4, -0.2) is 17.8 Å². The van der Waals surface area contributed by atoms with E-state index in [0.29, 0.717) is 6.04 Å². The van der Waals surface area contributed by atoms with Crippen molar-refractivity contribution in [2.24, 2.45) is 0 Å². The Labute approximate surface area is 116 Å². The Bertz CT molecular complexity index is 339. The molecule has 0 aromatic heterocycles. The molecule has 0 saturated carbocycles. The Hall–Kier alpha value is -0.470. The van der Waals surface area contributed by atoms with Gasteiger partial charge in [0.2, 0.25) is 0 Å². The van der Waals surface area contributed by atoms with Crippen LogP contribution >= 0.6 is 11.8 Å². The van der Waals surface area contributed by atoms with Gasteiger partial charge < -0.3 is 5.32 Å². The lowest BCUT2D eigenvalue weighted by molar-refractivity contribution is 0.456. The van der Waals surface area contributed by atoms with Gasteiger partial charge in [-0.1, -0.05) is 51.3 Å². The van der Waals surface area contributed by atoms with E-state index >= 15 is 0 Å². The SMILES string of the molecule is CCCCCC(NCC)C1Cc2ccccc2S1. The quantitative estimate of drug-likeness (QED) is 0.738. The molecule has 1 aliphatic rings. The van der Waals surface area contributed by atoms with Gasteiger partial charge in [-0.2, -0.15) is 0 Å². The fourth-order valence-electron chi connectivity index (χ4n) is 2.73. The molecule has 0 amide bonds. The van der Waals surface area contributed by atoms with Crippen LogP contribution in [0.15, 0.2) is 29.2 Å². The van der Waals surface area contributed by atoms with E-state index in [1.807, 2.05) is 0 Å². The summed E-state index contributed by atoms with van der Waals surface area (Å²) in [7, 11) is 0. The van der Waals surface area contributed by atoms with Gasteiger partial charge in [0, 0.05) is 16.2 Å². The maximum Gasteiger partial charge on any atom is 0.0289 e. The normalized spacial score (nSPS) is 19.8. The molecule has 2 unspecified atom stereocenters. The second-order valence-electron chi connectivity index (χ2n) is 5.13. The molecular formula is C16H25NS. The highest BCUT2D eigenvalue weighted by Gasteiger charge is 2.28. The van der Waals surface area contributed by atoms with Gasteiger partial charge in [0.05, 0.1) is 0 Å². The van der Waals surface area contributed by atoms with Crippen LogP contribution in [0, 0.1) is 0 Å². The lowest BCUT2D eigenvalue weighted by atomic mass is 10.00. The third-order valence-corrected chi connectivity index (χ3v) is 5.16. The summed E-state index contributed by atoms with van der Waals surface area (Å²) in [5.74, 6) is 0. The third kappa shape index (κ3) is 3.52. The fourth-order valence-corrected chi connectivity index (χ4v) is 4.17. The predicted octanol–water partition coefficient (Wildman–Crippen LogP) is 4.26. The average molecular weight is 263 g/mol. The van der Waals surface area contributed by atoms with Crippen molar-refractivity contribution in [3.8, 4) is 0 Å². The second-order valence-corrected chi connectivity index (χ2v) is 6.41. The van der Waals surface area contributed by atoms with Crippen LogP contribution in [0.2, 0.25) is 0 Å². The van der Waals surface area contributed by atoms with Crippen molar-refractivity contribution in [1.29, 1.82) is 0 Å². The summed E-state index contributed by atoms with van der Waals surface area (Å²) in [4.78, 5) is 1.50. The molecule has 0 bridgehead atoms. The van der Waals surface area contributed by atoms with Gasteiger partial charge in [0.25, 0.3) is 0 Å². The van der Waals surface area contributed by atoms with Crippen molar-refractivity contribution >= 4 is 11.8 Å². The smallest absolute Gasteiger partial charge is 0.0289 e. The Morgan fingerprint density at radius 2 is 2.11 bits per heavy atom. The molecule has 0 radical (unpaired) electrons. The van der Waals surface area contributed by atoms with Crippen LogP contribution in [-0.2, 0) is 6.42 Å². The van der Waals surface area contributed by atoms with Crippen LogP contribution in [0.5, 0.6) is 0 Å². The number of thioether (sulfide) groups is 1. The lowest BCUT2D eigenvalue weighted by Gasteiger charge is -2.23. The van der Waals surface area contributed by atoms with Crippen molar-refractivity contribution in [1.82, 2.24) is 5.32 Å². The molecular weight excluding hydrogens is 238 g/mol. The van der Waals surface area contributed by atoms with E-state index in [2.05, 4.69) is 55.2 Å². The number of rotatable bonds is 7. The van der Waals surface area contributed by atoms with Crippen molar-refractivity contribution in [3.63, 3.8) is 0 Å². The first-order chi connectivity index (χ1) is 8.85. The minimum atomic E-state index is 0.680. The van der Waals surface area contributed by atoms with Crippen molar-refractivity contribution in [3.05, 3.63) is 29.8 Å². The maximum absolute atomic E-state index is 3.70. The Morgan fingerprint density at radius 1 is 1.28 bits per heavy atom. The van der Waals surface area contributed by atoms with Gasteiger partial charge in [-0.05, 0) is 31.0 Å². The summed E-state index contributed by atoms with van der Waals surface area (Å²) in [6, 6.07) is 9.57. The summed E-state index contributed by atoms with van der Waals surface area (Å²) >= 11 is 2.08. The topological polar surface area (TPSA) is 12.0 Å². The summed E-state index contributed by atoms with van der Waals surface area (Å²) in [5.41, 5.74) is 1.55. The number of benzene rings is 1. The molecule has 18 heavy (non-hydrogen) atoms. The van der Waals surface area contributed by atoms with Crippen LogP contribution in [0.4, 0.5) is 0 Å². The monoisotopic (exact) mass is 263 g/mol. The number of unbranched alkanes of at least 4 members (excludes halogenated alkanes) is 2. The zero-order valence-corrected chi connectivity index (χ0v) is 12.4. The first-order valence-electron chi connectivity index (χ1n) is 7.33. The van der Waals surface area contributed by atoms with Gasteiger partial charge in [-0.3, -0.25) is 0 Å². The first-order valence-corrected chi connectivity index (χ1v) is 8.21. The second kappa shape index (κ2) is 7.20. The van der Waals surface area contributed by atoms with Crippen LogP contribution < -0.4 is 5.32 Å². The van der Waals surface area contributed by atoms with E-state index in [0.717, 1.165) is 11.8 Å². The van der Waals surface area contributed by atoms with Gasteiger partial charge >= 0.3 is 0 Å². The highest BCUT2D eigenvalue weighted by molar-refractivity contribution is 8.00. The van der Waals surface area contributed by atoms with Gasteiger partial charge in [-0.15, -0.1) is 11.8 Å². The Morgan fingerprint density at radius 3 is 2.83 bits per heavy atom. The standard InChI is InChI=1S/C16H25NS/c1-3-5-6-10-14(17-4-2)16-12-13-9-7-8-11-15(13)18-16/h7-9,11,14,16-17H,3-6,10,12H2,1-2H3. The van der Waals surface area contributed by atoms with Crippen molar-refractivity contribution < 1.29 is 0 Å². The zero-order valence-electron chi connectivity index (χ0n) is 11.6. The minimum Gasteiger partial charge on any atom is -0.313 e. The molecule has 0 fully saturated rings. The third-order valence-electron chi connectivity index (χ3n) is 3.71. The van der Waals surface area contributed by atoms with E-state index in [1.54, 1.807) is 5.56 Å². The highest BCUT2D eigenvalue weighted by atomic mass is 32.2. The van der Waals surface area contributed by atoms with Crippen LogP contribution in [0.3, 0.4) is 0 Å². The molecule has 2 rings (SSSR count). The van der Waals surface area contributed by atoms with E-state index in [1.165, 1.54) is 37.0 Å². The maximum atomic E-state index is 3.70. The van der Waals surface area contributed by atoms with Gasteiger partial charge in [-0.25, -0.2) is 0 Å². The van der Waals surface area contributed by atoms with Crippen molar-refractivity contribution in [2.45, 2.75) is 62.1 Å². The van der Waals surface area contributed by atoms with E-state index in [-0.39, 0.29) is 0 Å². The number of hydrogen-bond acceptors (Lipinski definition) is 2. The van der Waals surface area contributed by atoms with Crippen LogP contribution in [0.1, 0.15) is 45.1 Å². The molecule has 2 heteroatoms. The van der Waals surface area contributed by atoms with Crippen molar-refractivity contribution in [2.75, 3.05) is 6.54 Å². The van der Waals surface area contributed by atoms with E-state index in [4.69, 9.17) is 0 Å². The minimum absolute atomic E-state index is 0.680. The van der Waals surface area contributed by atoms with Gasteiger partial charge in [0.15, 0.2) is 0 Å². The molecule has 100 valence electrons. The molecule has 1 nitrogen and oxygen atoms in total. The fraction of sp³-hybridized carbons (Fsp3) is 0.625. The summed E-state index contributed by atoms with van der Waals surface area (Å²) < 4.78 is 0. The molecule has 0 saturated heterocycles. The summed E-state index contributed by atoms with van der Waals surface area (Å²) in [6.45, 7) is 5.59. The molecule has 1 N–H and O–H groups in total. The van der Waals surface area contributed by atoms with Gasteiger partial charge in [0.1, 0.15) is 0 Å². The number of nitrogens with one attached hydrogen (secondary N) is 1. The molecule has 1 aliphatic heterocycles. The largest absolute Gasteiger partial charge is 0.313 e. The summed E-state index contributed by atoms with van der Waals surface area (Å²) in [5, 5.41) is 4.43. The molecule has 1 aromatic carbocycles. The van der Waals surface area contributed by atoms with Crippen LogP contribution in [0.25, 0.3) is 0 Å². The molecule has 1 aromatic rings. The molecule has 1 heterocycles. The molecule has 2 atom stereocenters. The summed E-state index contributed by atoms with van der Waals surface area (Å²) in [6.07, 6.45) is 6.61. The molecule has 0 spiro atoms. The number of fused-ring (bicyclic) bond motifs is 1. The average Bonchev–Trinajstić information content (AvgIpc) is 2.81. The van der Waals surface area contributed by atoms with E-state index in [9.17, 15) is 0 Å². The lowest BCUT2D eigenvalue weighted by Crippen LogP contribution is -2.38. The predicted molar refractivity (Wildman–Crippen MR) is 81.4 cm³/mol.